The SMILES string of the molecule is CC(NC1CC1C)c1ccc2c(c1)OCCCO2. The molecule has 2 aliphatic rings. The van der Waals surface area contributed by atoms with Crippen LogP contribution in [0.3, 0.4) is 0 Å². The molecule has 1 fully saturated rings. The van der Waals surface area contributed by atoms with Crippen molar-refractivity contribution in [1.82, 2.24) is 5.32 Å². The third kappa shape index (κ3) is 2.46. The largest absolute Gasteiger partial charge is 0.490 e. The molecule has 1 aliphatic carbocycles. The Hall–Kier alpha value is -1.22. The molecular formula is C15H21NO2. The highest BCUT2D eigenvalue weighted by atomic mass is 16.5. The zero-order valence-electron chi connectivity index (χ0n) is 11.1. The Kier molecular flexibility index (Phi) is 3.16. The lowest BCUT2D eigenvalue weighted by atomic mass is 10.1. The van der Waals surface area contributed by atoms with Crippen molar-refractivity contribution in [2.45, 2.75) is 38.8 Å². The second-order valence-corrected chi connectivity index (χ2v) is 5.46. The molecule has 0 radical (unpaired) electrons. The van der Waals surface area contributed by atoms with Crippen LogP contribution >= 0.6 is 0 Å². The third-order valence-corrected chi connectivity index (χ3v) is 3.85. The van der Waals surface area contributed by atoms with Crippen LogP contribution in [0.5, 0.6) is 11.5 Å². The van der Waals surface area contributed by atoms with E-state index in [2.05, 4.69) is 31.3 Å². The molecule has 0 bridgehead atoms. The van der Waals surface area contributed by atoms with Crippen LogP contribution < -0.4 is 14.8 Å². The Morgan fingerprint density at radius 3 is 2.67 bits per heavy atom. The molecule has 3 heteroatoms. The van der Waals surface area contributed by atoms with E-state index in [0.717, 1.165) is 37.1 Å². The van der Waals surface area contributed by atoms with E-state index in [0.29, 0.717) is 12.1 Å². The lowest BCUT2D eigenvalue weighted by Gasteiger charge is -2.16. The first-order chi connectivity index (χ1) is 8.74. The van der Waals surface area contributed by atoms with E-state index in [1.165, 1.54) is 12.0 Å². The molecular weight excluding hydrogens is 226 g/mol. The van der Waals surface area contributed by atoms with Gasteiger partial charge in [0.05, 0.1) is 13.2 Å². The summed E-state index contributed by atoms with van der Waals surface area (Å²) in [5, 5.41) is 3.65. The number of hydrogen-bond donors (Lipinski definition) is 1. The second kappa shape index (κ2) is 4.81. The maximum atomic E-state index is 5.73. The molecule has 0 saturated heterocycles. The van der Waals surface area contributed by atoms with E-state index < -0.39 is 0 Å². The van der Waals surface area contributed by atoms with Crippen LogP contribution in [0.15, 0.2) is 18.2 Å². The Labute approximate surface area is 108 Å². The Bertz CT molecular complexity index is 433. The summed E-state index contributed by atoms with van der Waals surface area (Å²) < 4.78 is 11.4. The smallest absolute Gasteiger partial charge is 0.161 e. The summed E-state index contributed by atoms with van der Waals surface area (Å²) in [5.74, 6) is 2.60. The van der Waals surface area contributed by atoms with Gasteiger partial charge in [-0.25, -0.2) is 0 Å². The van der Waals surface area contributed by atoms with Gasteiger partial charge in [0.25, 0.3) is 0 Å². The maximum Gasteiger partial charge on any atom is 0.161 e. The molecule has 0 spiro atoms. The Morgan fingerprint density at radius 2 is 1.94 bits per heavy atom. The Balaban J connectivity index is 1.74. The highest BCUT2D eigenvalue weighted by Crippen LogP contribution is 2.35. The van der Waals surface area contributed by atoms with Crippen molar-refractivity contribution in [3.63, 3.8) is 0 Å². The molecule has 0 amide bonds. The van der Waals surface area contributed by atoms with E-state index in [1.807, 2.05) is 6.07 Å². The number of rotatable bonds is 3. The topological polar surface area (TPSA) is 30.5 Å². The first kappa shape index (κ1) is 11.8. The molecule has 18 heavy (non-hydrogen) atoms. The summed E-state index contributed by atoms with van der Waals surface area (Å²) in [5.41, 5.74) is 1.28. The molecule has 1 aromatic rings. The van der Waals surface area contributed by atoms with E-state index in [-0.39, 0.29) is 0 Å². The number of ether oxygens (including phenoxy) is 2. The van der Waals surface area contributed by atoms with Crippen LogP contribution in [-0.2, 0) is 0 Å². The van der Waals surface area contributed by atoms with Crippen LogP contribution in [-0.4, -0.2) is 19.3 Å². The molecule has 1 aromatic carbocycles. The molecule has 1 N–H and O–H groups in total. The summed E-state index contributed by atoms with van der Waals surface area (Å²) in [6, 6.07) is 7.35. The fraction of sp³-hybridized carbons (Fsp3) is 0.600. The van der Waals surface area contributed by atoms with Crippen molar-refractivity contribution in [2.24, 2.45) is 5.92 Å². The number of benzene rings is 1. The van der Waals surface area contributed by atoms with Crippen molar-refractivity contribution in [3.8, 4) is 11.5 Å². The minimum absolute atomic E-state index is 0.372. The molecule has 3 nitrogen and oxygen atoms in total. The van der Waals surface area contributed by atoms with Crippen molar-refractivity contribution in [2.75, 3.05) is 13.2 Å². The van der Waals surface area contributed by atoms with Gasteiger partial charge >= 0.3 is 0 Å². The molecule has 1 saturated carbocycles. The number of fused-ring (bicyclic) bond motifs is 1. The lowest BCUT2D eigenvalue weighted by Crippen LogP contribution is -2.22. The zero-order valence-corrected chi connectivity index (χ0v) is 11.1. The van der Waals surface area contributed by atoms with E-state index in [4.69, 9.17) is 9.47 Å². The van der Waals surface area contributed by atoms with Crippen LogP contribution in [0.4, 0.5) is 0 Å². The van der Waals surface area contributed by atoms with Gasteiger partial charge in [0.1, 0.15) is 0 Å². The van der Waals surface area contributed by atoms with Crippen molar-refractivity contribution in [3.05, 3.63) is 23.8 Å². The van der Waals surface area contributed by atoms with Crippen molar-refractivity contribution < 1.29 is 9.47 Å². The fourth-order valence-corrected chi connectivity index (χ4v) is 2.42. The molecule has 3 atom stereocenters. The van der Waals surface area contributed by atoms with E-state index in [9.17, 15) is 0 Å². The molecule has 98 valence electrons. The normalized spacial score (nSPS) is 27.4. The third-order valence-electron chi connectivity index (χ3n) is 3.85. The number of nitrogens with one attached hydrogen (secondary N) is 1. The second-order valence-electron chi connectivity index (χ2n) is 5.46. The molecule has 1 heterocycles. The van der Waals surface area contributed by atoms with Gasteiger partial charge < -0.3 is 14.8 Å². The van der Waals surface area contributed by atoms with Crippen LogP contribution in [0.1, 0.15) is 38.3 Å². The molecule has 1 aliphatic heterocycles. The highest BCUT2D eigenvalue weighted by molar-refractivity contribution is 5.44. The van der Waals surface area contributed by atoms with Gasteiger partial charge in [-0.05, 0) is 37.0 Å². The summed E-state index contributed by atoms with van der Waals surface area (Å²) in [6.07, 6.45) is 2.26. The molecule has 3 rings (SSSR count). The van der Waals surface area contributed by atoms with Gasteiger partial charge in [-0.3, -0.25) is 0 Å². The summed E-state index contributed by atoms with van der Waals surface area (Å²) in [7, 11) is 0. The fourth-order valence-electron chi connectivity index (χ4n) is 2.42. The minimum Gasteiger partial charge on any atom is -0.490 e. The quantitative estimate of drug-likeness (QED) is 0.891. The summed E-state index contributed by atoms with van der Waals surface area (Å²) in [4.78, 5) is 0. The van der Waals surface area contributed by atoms with Crippen molar-refractivity contribution >= 4 is 0 Å². The average molecular weight is 247 g/mol. The van der Waals surface area contributed by atoms with Crippen LogP contribution in [0.2, 0.25) is 0 Å². The Morgan fingerprint density at radius 1 is 1.22 bits per heavy atom. The van der Waals surface area contributed by atoms with Gasteiger partial charge in [-0.1, -0.05) is 13.0 Å². The van der Waals surface area contributed by atoms with Crippen molar-refractivity contribution in [1.29, 1.82) is 0 Å². The van der Waals surface area contributed by atoms with Gasteiger partial charge in [-0.15, -0.1) is 0 Å². The average Bonchev–Trinajstić information content (AvgIpc) is 3.10. The highest BCUT2D eigenvalue weighted by Gasteiger charge is 2.33. The van der Waals surface area contributed by atoms with Gasteiger partial charge in [0.2, 0.25) is 0 Å². The van der Waals surface area contributed by atoms with Crippen LogP contribution in [0.25, 0.3) is 0 Å². The first-order valence-electron chi connectivity index (χ1n) is 6.89. The first-order valence-corrected chi connectivity index (χ1v) is 6.89. The predicted octanol–water partition coefficient (Wildman–Crippen LogP) is 2.91. The summed E-state index contributed by atoms with van der Waals surface area (Å²) in [6.45, 7) is 6.00. The van der Waals surface area contributed by atoms with Gasteiger partial charge in [0.15, 0.2) is 11.5 Å². The van der Waals surface area contributed by atoms with Gasteiger partial charge in [-0.2, -0.15) is 0 Å². The standard InChI is InChI=1S/C15H21NO2/c1-10-8-13(10)16-11(2)12-4-5-14-15(9-12)18-7-3-6-17-14/h4-5,9-11,13,16H,3,6-8H2,1-2H3. The summed E-state index contributed by atoms with van der Waals surface area (Å²) >= 11 is 0. The van der Waals surface area contributed by atoms with E-state index in [1.54, 1.807) is 0 Å². The molecule has 3 unspecified atom stereocenters. The monoisotopic (exact) mass is 247 g/mol. The maximum absolute atomic E-state index is 5.73. The predicted molar refractivity (Wildman–Crippen MR) is 71.2 cm³/mol. The van der Waals surface area contributed by atoms with Crippen LogP contribution in [0, 0.1) is 5.92 Å². The zero-order chi connectivity index (χ0) is 12.5. The lowest BCUT2D eigenvalue weighted by molar-refractivity contribution is 0.297. The van der Waals surface area contributed by atoms with E-state index >= 15 is 0 Å². The minimum atomic E-state index is 0.372. The van der Waals surface area contributed by atoms with Gasteiger partial charge in [0, 0.05) is 18.5 Å². The number of hydrogen-bond acceptors (Lipinski definition) is 3. The molecule has 0 aromatic heterocycles.